The van der Waals surface area contributed by atoms with Crippen LogP contribution in [-0.2, 0) is 4.74 Å². The number of benzene rings is 1. The SMILES string of the molecule is CCOC(C)(CC)C(=O)c1c(F)ccc(C)c1F. The fourth-order valence-corrected chi connectivity index (χ4v) is 1.78. The van der Waals surface area contributed by atoms with Gasteiger partial charge in [0.2, 0.25) is 0 Å². The highest BCUT2D eigenvalue weighted by Crippen LogP contribution is 2.26. The van der Waals surface area contributed by atoms with E-state index < -0.39 is 28.6 Å². The van der Waals surface area contributed by atoms with Crippen molar-refractivity contribution < 1.29 is 18.3 Å². The monoisotopic (exact) mass is 256 g/mol. The highest BCUT2D eigenvalue weighted by Gasteiger charge is 2.36. The summed E-state index contributed by atoms with van der Waals surface area (Å²) in [7, 11) is 0. The first-order chi connectivity index (χ1) is 8.37. The minimum Gasteiger partial charge on any atom is -0.367 e. The maximum Gasteiger partial charge on any atom is 0.200 e. The molecule has 1 unspecified atom stereocenters. The molecule has 1 aromatic carbocycles. The maximum absolute atomic E-state index is 13.9. The highest BCUT2D eigenvalue weighted by molar-refractivity contribution is 6.02. The Balaban J connectivity index is 3.30. The van der Waals surface area contributed by atoms with Gasteiger partial charge in [0.05, 0.1) is 5.56 Å². The lowest BCUT2D eigenvalue weighted by Crippen LogP contribution is -2.39. The lowest BCUT2D eigenvalue weighted by atomic mass is 9.90. The Hall–Kier alpha value is -1.29. The molecule has 0 spiro atoms. The molecule has 0 aliphatic carbocycles. The fourth-order valence-electron chi connectivity index (χ4n) is 1.78. The van der Waals surface area contributed by atoms with Gasteiger partial charge in [-0.15, -0.1) is 0 Å². The van der Waals surface area contributed by atoms with E-state index in [4.69, 9.17) is 4.74 Å². The van der Waals surface area contributed by atoms with Crippen molar-refractivity contribution in [2.45, 2.75) is 39.7 Å². The van der Waals surface area contributed by atoms with Crippen LogP contribution in [0.4, 0.5) is 8.78 Å². The lowest BCUT2D eigenvalue weighted by molar-refractivity contribution is -0.0121. The van der Waals surface area contributed by atoms with Gasteiger partial charge in [0, 0.05) is 6.61 Å². The number of carbonyl (C=O) groups excluding carboxylic acids is 1. The van der Waals surface area contributed by atoms with Gasteiger partial charge in [-0.25, -0.2) is 8.78 Å². The average molecular weight is 256 g/mol. The summed E-state index contributed by atoms with van der Waals surface area (Å²) in [5, 5.41) is 0. The Kier molecular flexibility index (Phi) is 4.57. The van der Waals surface area contributed by atoms with Gasteiger partial charge in [0.25, 0.3) is 0 Å². The highest BCUT2D eigenvalue weighted by atomic mass is 19.1. The van der Waals surface area contributed by atoms with Gasteiger partial charge < -0.3 is 4.74 Å². The minimum atomic E-state index is -1.19. The Bertz CT molecular complexity index is 457. The Morgan fingerprint density at radius 1 is 1.33 bits per heavy atom. The van der Waals surface area contributed by atoms with Crippen molar-refractivity contribution in [2.75, 3.05) is 6.61 Å². The van der Waals surface area contributed by atoms with Crippen LogP contribution in [0.25, 0.3) is 0 Å². The van der Waals surface area contributed by atoms with Crippen LogP contribution in [0.3, 0.4) is 0 Å². The third kappa shape index (κ3) is 2.58. The molecule has 0 aliphatic heterocycles. The molecule has 0 amide bonds. The summed E-state index contributed by atoms with van der Waals surface area (Å²) in [4.78, 5) is 12.3. The van der Waals surface area contributed by atoms with Crippen molar-refractivity contribution in [3.63, 3.8) is 0 Å². The van der Waals surface area contributed by atoms with Gasteiger partial charge in [-0.05, 0) is 38.8 Å². The molecular weight excluding hydrogens is 238 g/mol. The van der Waals surface area contributed by atoms with E-state index in [-0.39, 0.29) is 5.56 Å². The lowest BCUT2D eigenvalue weighted by Gasteiger charge is -2.27. The van der Waals surface area contributed by atoms with Crippen molar-refractivity contribution in [1.82, 2.24) is 0 Å². The third-order valence-corrected chi connectivity index (χ3v) is 3.13. The van der Waals surface area contributed by atoms with E-state index in [1.807, 2.05) is 0 Å². The van der Waals surface area contributed by atoms with E-state index in [1.54, 1.807) is 20.8 Å². The van der Waals surface area contributed by atoms with Crippen molar-refractivity contribution in [3.8, 4) is 0 Å². The number of hydrogen-bond donors (Lipinski definition) is 0. The van der Waals surface area contributed by atoms with Crippen molar-refractivity contribution in [2.24, 2.45) is 0 Å². The van der Waals surface area contributed by atoms with Crippen LogP contribution in [0, 0.1) is 18.6 Å². The van der Waals surface area contributed by atoms with E-state index >= 15 is 0 Å². The molecule has 18 heavy (non-hydrogen) atoms. The third-order valence-electron chi connectivity index (χ3n) is 3.13. The first-order valence-corrected chi connectivity index (χ1v) is 6.00. The average Bonchev–Trinajstić information content (AvgIpc) is 2.34. The smallest absolute Gasteiger partial charge is 0.200 e. The summed E-state index contributed by atoms with van der Waals surface area (Å²) in [6.45, 7) is 6.85. The molecule has 1 rings (SSSR count). The van der Waals surface area contributed by atoms with E-state index in [9.17, 15) is 13.6 Å². The van der Waals surface area contributed by atoms with Crippen LogP contribution in [0.1, 0.15) is 43.1 Å². The summed E-state index contributed by atoms with van der Waals surface area (Å²) >= 11 is 0. The zero-order chi connectivity index (χ0) is 13.9. The van der Waals surface area contributed by atoms with Crippen LogP contribution in [0.15, 0.2) is 12.1 Å². The van der Waals surface area contributed by atoms with E-state index in [0.717, 1.165) is 6.07 Å². The Morgan fingerprint density at radius 3 is 2.44 bits per heavy atom. The number of ketones is 1. The molecule has 0 N–H and O–H groups in total. The molecule has 1 atom stereocenters. The number of Topliss-reactive ketones (excluding diaryl/α,β-unsaturated/α-hetero) is 1. The molecular formula is C14H18F2O2. The molecule has 0 fully saturated rings. The predicted octanol–water partition coefficient (Wildman–Crippen LogP) is 3.66. The molecule has 4 heteroatoms. The summed E-state index contributed by atoms with van der Waals surface area (Å²) in [6, 6.07) is 2.42. The van der Waals surface area contributed by atoms with E-state index in [0.29, 0.717) is 13.0 Å². The molecule has 0 saturated carbocycles. The Morgan fingerprint density at radius 2 is 1.94 bits per heavy atom. The number of ether oxygens (including phenoxy) is 1. The normalized spacial score (nSPS) is 14.3. The van der Waals surface area contributed by atoms with Gasteiger partial charge in [0.15, 0.2) is 5.78 Å². The van der Waals surface area contributed by atoms with Gasteiger partial charge in [-0.3, -0.25) is 4.79 Å². The quantitative estimate of drug-likeness (QED) is 0.751. The van der Waals surface area contributed by atoms with Crippen LogP contribution in [-0.4, -0.2) is 18.0 Å². The first-order valence-electron chi connectivity index (χ1n) is 6.00. The molecule has 0 radical (unpaired) electrons. The second kappa shape index (κ2) is 5.57. The summed E-state index contributed by atoms with van der Waals surface area (Å²) in [5.74, 6) is -2.30. The fraction of sp³-hybridized carbons (Fsp3) is 0.500. The van der Waals surface area contributed by atoms with Gasteiger partial charge in [-0.1, -0.05) is 13.0 Å². The van der Waals surface area contributed by atoms with E-state index in [2.05, 4.69) is 0 Å². The maximum atomic E-state index is 13.9. The predicted molar refractivity (Wildman–Crippen MR) is 65.7 cm³/mol. The van der Waals surface area contributed by atoms with E-state index in [1.165, 1.54) is 13.0 Å². The molecule has 0 aromatic heterocycles. The summed E-state index contributed by atoms with van der Waals surface area (Å²) < 4.78 is 32.9. The molecule has 0 saturated heterocycles. The van der Waals surface area contributed by atoms with Crippen LogP contribution in [0.5, 0.6) is 0 Å². The molecule has 1 aromatic rings. The van der Waals surface area contributed by atoms with Crippen LogP contribution >= 0.6 is 0 Å². The van der Waals surface area contributed by atoms with Crippen molar-refractivity contribution >= 4 is 5.78 Å². The van der Waals surface area contributed by atoms with Gasteiger partial charge in [-0.2, -0.15) is 0 Å². The molecule has 2 nitrogen and oxygen atoms in total. The molecule has 0 aliphatic rings. The largest absolute Gasteiger partial charge is 0.367 e. The Labute approximate surface area is 106 Å². The van der Waals surface area contributed by atoms with Crippen molar-refractivity contribution in [3.05, 3.63) is 34.9 Å². The first kappa shape index (κ1) is 14.8. The zero-order valence-corrected chi connectivity index (χ0v) is 11.1. The molecule has 0 bridgehead atoms. The topological polar surface area (TPSA) is 26.3 Å². The summed E-state index contributed by atoms with van der Waals surface area (Å²) in [5.41, 5.74) is -1.45. The van der Waals surface area contributed by atoms with Crippen LogP contribution in [0.2, 0.25) is 0 Å². The second-order valence-corrected chi connectivity index (χ2v) is 4.40. The molecule has 0 heterocycles. The van der Waals surface area contributed by atoms with Gasteiger partial charge in [0.1, 0.15) is 17.2 Å². The standard InChI is InChI=1S/C14H18F2O2/c1-5-14(4,18-6-2)13(17)11-10(15)8-7-9(3)12(11)16/h7-8H,5-6H2,1-4H3. The number of carbonyl (C=O) groups is 1. The molecule has 100 valence electrons. The number of aryl methyl sites for hydroxylation is 1. The number of rotatable bonds is 5. The van der Waals surface area contributed by atoms with Gasteiger partial charge >= 0.3 is 0 Å². The number of hydrogen-bond acceptors (Lipinski definition) is 2. The minimum absolute atomic E-state index is 0.245. The van der Waals surface area contributed by atoms with Crippen molar-refractivity contribution in [1.29, 1.82) is 0 Å². The second-order valence-electron chi connectivity index (χ2n) is 4.40. The van der Waals surface area contributed by atoms with Crippen LogP contribution < -0.4 is 0 Å². The zero-order valence-electron chi connectivity index (χ0n) is 11.1. The number of halogens is 2. The summed E-state index contributed by atoms with van der Waals surface area (Å²) in [6.07, 6.45) is 0.354.